The number of nitrogen functional groups attached to an aromatic ring is 1. The molecule has 0 heterocycles. The summed E-state index contributed by atoms with van der Waals surface area (Å²) in [5.41, 5.74) is 6.00. The maximum Gasteiger partial charge on any atom is 0.251 e. The number of likely N-dealkylation sites (N-methyl/N-ethyl adjacent to an activating group) is 1. The largest absolute Gasteiger partial charge is 0.399 e. The third kappa shape index (κ3) is 4.33. The van der Waals surface area contributed by atoms with E-state index in [2.05, 4.69) is 24.1 Å². The van der Waals surface area contributed by atoms with Crippen LogP contribution in [-0.4, -0.2) is 37.0 Å². The molecule has 0 radical (unpaired) electrons. The third-order valence-corrected chi connectivity index (χ3v) is 2.79. The standard InChI is InChI=1S/C13H20FN3O/c1-3-17(4-2)6-5-16-13(18)10-7-11(14)9-12(15)8-10/h7-9H,3-6,15H2,1-2H3,(H,16,18). The van der Waals surface area contributed by atoms with Crippen LogP contribution < -0.4 is 11.1 Å². The third-order valence-electron chi connectivity index (χ3n) is 2.79. The van der Waals surface area contributed by atoms with Gasteiger partial charge in [0.1, 0.15) is 5.82 Å². The normalized spacial score (nSPS) is 10.7. The van der Waals surface area contributed by atoms with Crippen LogP contribution in [0.3, 0.4) is 0 Å². The molecule has 0 saturated carbocycles. The highest BCUT2D eigenvalue weighted by Crippen LogP contribution is 2.10. The summed E-state index contributed by atoms with van der Waals surface area (Å²) in [5, 5.41) is 2.75. The molecule has 1 amide bonds. The molecule has 3 N–H and O–H groups in total. The molecule has 1 aromatic rings. The molecule has 18 heavy (non-hydrogen) atoms. The number of anilines is 1. The zero-order chi connectivity index (χ0) is 13.5. The van der Waals surface area contributed by atoms with E-state index in [1.54, 1.807) is 0 Å². The Kier molecular flexibility index (Phi) is 5.58. The highest BCUT2D eigenvalue weighted by molar-refractivity contribution is 5.95. The van der Waals surface area contributed by atoms with Crippen molar-refractivity contribution in [2.75, 3.05) is 31.9 Å². The molecule has 0 aromatic heterocycles. The van der Waals surface area contributed by atoms with Gasteiger partial charge in [-0.25, -0.2) is 4.39 Å². The molecule has 5 heteroatoms. The van der Waals surface area contributed by atoms with Crippen LogP contribution in [0.5, 0.6) is 0 Å². The first-order valence-corrected chi connectivity index (χ1v) is 6.13. The minimum absolute atomic E-state index is 0.254. The van der Waals surface area contributed by atoms with Crippen LogP contribution in [-0.2, 0) is 0 Å². The lowest BCUT2D eigenvalue weighted by molar-refractivity contribution is 0.0948. The van der Waals surface area contributed by atoms with Gasteiger partial charge in [0.05, 0.1) is 0 Å². The molecule has 0 bridgehead atoms. The SMILES string of the molecule is CCN(CC)CCNC(=O)c1cc(N)cc(F)c1. The summed E-state index contributed by atoms with van der Waals surface area (Å²) < 4.78 is 13.1. The van der Waals surface area contributed by atoms with Gasteiger partial charge in [0.15, 0.2) is 0 Å². The van der Waals surface area contributed by atoms with Gasteiger partial charge in [-0.1, -0.05) is 13.8 Å². The van der Waals surface area contributed by atoms with Crippen molar-refractivity contribution in [2.24, 2.45) is 0 Å². The highest BCUT2D eigenvalue weighted by Gasteiger charge is 2.08. The molecular formula is C13H20FN3O. The van der Waals surface area contributed by atoms with Crippen molar-refractivity contribution in [1.29, 1.82) is 0 Å². The molecule has 1 rings (SSSR count). The smallest absolute Gasteiger partial charge is 0.251 e. The number of benzene rings is 1. The fourth-order valence-electron chi connectivity index (χ4n) is 1.71. The van der Waals surface area contributed by atoms with Gasteiger partial charge in [0.25, 0.3) is 5.91 Å². The average Bonchev–Trinajstić information content (AvgIpc) is 2.33. The summed E-state index contributed by atoms with van der Waals surface area (Å²) in [4.78, 5) is 14.0. The van der Waals surface area contributed by atoms with E-state index in [-0.39, 0.29) is 17.2 Å². The molecule has 0 aliphatic carbocycles. The highest BCUT2D eigenvalue weighted by atomic mass is 19.1. The minimum atomic E-state index is -0.496. The van der Waals surface area contributed by atoms with E-state index in [1.807, 2.05) is 0 Å². The van der Waals surface area contributed by atoms with Crippen LogP contribution in [0.4, 0.5) is 10.1 Å². The van der Waals surface area contributed by atoms with Gasteiger partial charge in [-0.15, -0.1) is 0 Å². The first kappa shape index (κ1) is 14.4. The van der Waals surface area contributed by atoms with Gasteiger partial charge < -0.3 is 16.0 Å². The monoisotopic (exact) mass is 253 g/mol. The van der Waals surface area contributed by atoms with E-state index in [9.17, 15) is 9.18 Å². The van der Waals surface area contributed by atoms with E-state index < -0.39 is 5.82 Å². The number of hydrogen-bond acceptors (Lipinski definition) is 3. The van der Waals surface area contributed by atoms with Crippen LogP contribution in [0.2, 0.25) is 0 Å². The van der Waals surface area contributed by atoms with Crippen molar-refractivity contribution in [3.05, 3.63) is 29.6 Å². The Hall–Kier alpha value is -1.62. The predicted molar refractivity (Wildman–Crippen MR) is 70.9 cm³/mol. The Labute approximate surface area is 107 Å². The maximum absolute atomic E-state index is 13.1. The number of carbonyl (C=O) groups excluding carboxylic acids is 1. The summed E-state index contributed by atoms with van der Waals surface area (Å²) in [6.07, 6.45) is 0. The number of nitrogens with one attached hydrogen (secondary N) is 1. The van der Waals surface area contributed by atoms with Gasteiger partial charge in [0, 0.05) is 24.3 Å². The summed E-state index contributed by atoms with van der Waals surface area (Å²) in [7, 11) is 0. The van der Waals surface area contributed by atoms with Crippen molar-refractivity contribution >= 4 is 11.6 Å². The van der Waals surface area contributed by atoms with Crippen LogP contribution in [0.25, 0.3) is 0 Å². The van der Waals surface area contributed by atoms with Crippen LogP contribution in [0.15, 0.2) is 18.2 Å². The molecule has 0 spiro atoms. The number of amides is 1. The quantitative estimate of drug-likeness (QED) is 0.755. The Morgan fingerprint density at radius 1 is 1.33 bits per heavy atom. The van der Waals surface area contributed by atoms with Gasteiger partial charge in [-0.2, -0.15) is 0 Å². The lowest BCUT2D eigenvalue weighted by Crippen LogP contribution is -2.34. The number of carbonyl (C=O) groups is 1. The minimum Gasteiger partial charge on any atom is -0.399 e. The molecule has 0 atom stereocenters. The van der Waals surface area contributed by atoms with E-state index in [4.69, 9.17) is 5.73 Å². The Morgan fingerprint density at radius 2 is 2.00 bits per heavy atom. The molecular weight excluding hydrogens is 233 g/mol. The first-order chi connectivity index (χ1) is 8.56. The summed E-state index contributed by atoms with van der Waals surface area (Å²) in [6, 6.07) is 3.84. The second-order valence-electron chi connectivity index (χ2n) is 4.06. The number of hydrogen-bond donors (Lipinski definition) is 2. The molecule has 0 fully saturated rings. The lowest BCUT2D eigenvalue weighted by Gasteiger charge is -2.17. The number of nitrogens with zero attached hydrogens (tertiary/aromatic N) is 1. The fourth-order valence-corrected chi connectivity index (χ4v) is 1.71. The van der Waals surface area contributed by atoms with Crippen molar-refractivity contribution in [3.8, 4) is 0 Å². The average molecular weight is 253 g/mol. The van der Waals surface area contributed by atoms with Crippen LogP contribution in [0.1, 0.15) is 24.2 Å². The Bertz CT molecular complexity index is 385. The van der Waals surface area contributed by atoms with Gasteiger partial charge >= 0.3 is 0 Å². The lowest BCUT2D eigenvalue weighted by atomic mass is 10.2. The van der Waals surface area contributed by atoms with E-state index in [0.717, 1.165) is 19.6 Å². The van der Waals surface area contributed by atoms with Gasteiger partial charge in [-0.3, -0.25) is 4.79 Å². The molecule has 4 nitrogen and oxygen atoms in total. The van der Waals surface area contributed by atoms with Crippen molar-refractivity contribution in [1.82, 2.24) is 10.2 Å². The first-order valence-electron chi connectivity index (χ1n) is 6.13. The van der Waals surface area contributed by atoms with Crippen molar-refractivity contribution in [3.63, 3.8) is 0 Å². The van der Waals surface area contributed by atoms with E-state index >= 15 is 0 Å². The second kappa shape index (κ2) is 6.96. The second-order valence-corrected chi connectivity index (χ2v) is 4.06. The van der Waals surface area contributed by atoms with Crippen molar-refractivity contribution < 1.29 is 9.18 Å². The van der Waals surface area contributed by atoms with Gasteiger partial charge in [0.2, 0.25) is 0 Å². The topological polar surface area (TPSA) is 58.4 Å². The van der Waals surface area contributed by atoms with E-state index in [0.29, 0.717) is 6.54 Å². The summed E-state index contributed by atoms with van der Waals surface area (Å²) in [6.45, 7) is 7.34. The number of rotatable bonds is 6. The molecule has 100 valence electrons. The molecule has 0 saturated heterocycles. The maximum atomic E-state index is 13.1. The Balaban J connectivity index is 2.50. The molecule has 0 aliphatic rings. The van der Waals surface area contributed by atoms with Crippen molar-refractivity contribution in [2.45, 2.75) is 13.8 Å². The zero-order valence-corrected chi connectivity index (χ0v) is 10.9. The zero-order valence-electron chi connectivity index (χ0n) is 10.9. The predicted octanol–water partition coefficient (Wildman–Crippen LogP) is 1.48. The van der Waals surface area contributed by atoms with E-state index in [1.165, 1.54) is 18.2 Å². The molecule has 1 aromatic carbocycles. The number of nitrogens with two attached hydrogens (primary N) is 1. The number of halogens is 1. The molecule has 0 aliphatic heterocycles. The fraction of sp³-hybridized carbons (Fsp3) is 0.462. The van der Waals surface area contributed by atoms with Crippen LogP contribution >= 0.6 is 0 Å². The summed E-state index contributed by atoms with van der Waals surface area (Å²) >= 11 is 0. The molecule has 0 unspecified atom stereocenters. The Morgan fingerprint density at radius 3 is 2.56 bits per heavy atom. The van der Waals surface area contributed by atoms with Crippen LogP contribution in [0, 0.1) is 5.82 Å². The summed E-state index contributed by atoms with van der Waals surface area (Å²) in [5.74, 6) is -0.794. The van der Waals surface area contributed by atoms with Gasteiger partial charge in [-0.05, 0) is 31.3 Å².